The van der Waals surface area contributed by atoms with Crippen LogP contribution in [0, 0.1) is 95.9 Å². The maximum absolute atomic E-state index is 8.54. The smallest absolute Gasteiger partial charge is 0.194 e. The molecule has 0 saturated heterocycles. The van der Waals surface area contributed by atoms with E-state index in [9.17, 15) is 0 Å². The first-order valence-corrected chi connectivity index (χ1v) is 29.9. The molecule has 8 aromatic carbocycles. The zero-order chi connectivity index (χ0) is 65.4. The third-order valence-corrected chi connectivity index (χ3v) is 17.3. The third-order valence-electron chi connectivity index (χ3n) is 17.3. The fourth-order valence-corrected chi connectivity index (χ4v) is 12.4. The summed E-state index contributed by atoms with van der Waals surface area (Å²) in [4.78, 5) is 0. The van der Waals surface area contributed by atoms with Gasteiger partial charge in [0.2, 0.25) is 44.8 Å². The van der Waals surface area contributed by atoms with E-state index in [2.05, 4.69) is 255 Å². The summed E-state index contributed by atoms with van der Waals surface area (Å²) in [6.45, 7) is 27.8. The lowest BCUT2D eigenvalue weighted by Gasteiger charge is -2.12. The number of rotatable bonds is 6. The number of hydrogen-bond donors (Lipinski definition) is 0. The molecule has 4 aromatic heterocycles. The van der Waals surface area contributed by atoms with Crippen molar-refractivity contribution in [2.24, 2.45) is 34.1 Å². The Labute approximate surface area is 515 Å². The van der Waals surface area contributed by atoms with Gasteiger partial charge in [0.15, 0.2) is 0 Å². The van der Waals surface area contributed by atoms with E-state index in [1.807, 2.05) is 58.2 Å². The maximum Gasteiger partial charge on any atom is 0.213 e. The maximum atomic E-state index is 8.54. The van der Waals surface area contributed by atoms with Crippen LogP contribution in [0.15, 0.2) is 182 Å². The lowest BCUT2D eigenvalue weighted by atomic mass is 9.95. The molecule has 0 aliphatic heterocycles. The first-order valence-electron chi connectivity index (χ1n) is 32.4. The first-order chi connectivity index (χ1) is 42.5. The van der Waals surface area contributed by atoms with Crippen LogP contribution in [-0.4, -0.2) is 0 Å². The molecular formula is C81H90N4+4. The average Bonchev–Trinajstić information content (AvgIpc) is 0.795. The summed E-state index contributed by atoms with van der Waals surface area (Å²) < 4.78 is 48.6. The van der Waals surface area contributed by atoms with Gasteiger partial charge in [-0.2, -0.15) is 18.3 Å². The average molecular weight is 1120 g/mol. The molecule has 0 aliphatic carbocycles. The minimum Gasteiger partial charge on any atom is -0.194 e. The molecule has 4 heterocycles. The molecule has 12 aromatic rings. The normalized spacial score (nSPS) is 12.3. The zero-order valence-corrected chi connectivity index (χ0v) is 53.7. The minimum atomic E-state index is -2.06. The van der Waals surface area contributed by atoms with Crippen LogP contribution in [0.4, 0.5) is 0 Å². The molecule has 0 spiro atoms. The largest absolute Gasteiger partial charge is 0.213 e. The number of benzene rings is 8. The third kappa shape index (κ3) is 12.9. The molecule has 0 radical (unpaired) electrons. The van der Waals surface area contributed by atoms with Gasteiger partial charge in [-0.15, -0.1) is 0 Å². The predicted molar refractivity (Wildman–Crippen MR) is 362 cm³/mol. The summed E-state index contributed by atoms with van der Waals surface area (Å²) in [5.74, 6) is -0.0836. The Balaban J connectivity index is 0.000000143. The van der Waals surface area contributed by atoms with Crippen LogP contribution in [0.1, 0.15) is 98.6 Å². The molecular weight excluding hydrogens is 1030 g/mol. The summed E-state index contributed by atoms with van der Waals surface area (Å²) in [6.07, 6.45) is -1.36. The van der Waals surface area contributed by atoms with Crippen LogP contribution in [0.25, 0.3) is 88.6 Å². The molecule has 0 fully saturated rings. The Morgan fingerprint density at radius 3 is 1.27 bits per heavy atom. The summed E-state index contributed by atoms with van der Waals surface area (Å²) in [6, 6.07) is 63.4. The number of pyridine rings is 4. The molecule has 4 heteroatoms. The highest BCUT2D eigenvalue weighted by molar-refractivity contribution is 5.86. The second-order valence-corrected chi connectivity index (χ2v) is 24.0. The summed E-state index contributed by atoms with van der Waals surface area (Å²) in [5.41, 5.74) is 31.3. The van der Waals surface area contributed by atoms with Crippen LogP contribution >= 0.6 is 0 Å². The number of para-hydroxylation sites is 2. The van der Waals surface area contributed by atoms with Crippen molar-refractivity contribution in [2.75, 3.05) is 0 Å². The Bertz CT molecular complexity index is 4720. The van der Waals surface area contributed by atoms with E-state index >= 15 is 0 Å². The van der Waals surface area contributed by atoms with Crippen molar-refractivity contribution in [3.8, 4) is 45.0 Å². The second kappa shape index (κ2) is 25.7. The van der Waals surface area contributed by atoms with Crippen molar-refractivity contribution in [3.63, 3.8) is 0 Å². The Morgan fingerprint density at radius 2 is 0.765 bits per heavy atom. The van der Waals surface area contributed by atoms with Gasteiger partial charge >= 0.3 is 0 Å². The van der Waals surface area contributed by atoms with Gasteiger partial charge in [0, 0.05) is 93.8 Å². The van der Waals surface area contributed by atoms with E-state index in [4.69, 9.17) is 6.85 Å². The van der Waals surface area contributed by atoms with Gasteiger partial charge < -0.3 is 0 Å². The van der Waals surface area contributed by atoms with Crippen molar-refractivity contribution < 1.29 is 25.1 Å². The lowest BCUT2D eigenvalue weighted by Crippen LogP contribution is -2.32. The Kier molecular flexibility index (Phi) is 16.4. The van der Waals surface area contributed by atoms with Gasteiger partial charge in [-0.05, 0) is 212 Å². The molecule has 0 N–H and O–H groups in total. The predicted octanol–water partition coefficient (Wildman–Crippen LogP) is 18.5. The quantitative estimate of drug-likeness (QED) is 0.148. The van der Waals surface area contributed by atoms with Gasteiger partial charge in [0.05, 0.1) is 5.39 Å². The van der Waals surface area contributed by atoms with E-state index in [0.717, 1.165) is 44.5 Å². The SMILES string of the molecule is Cc1cc(C)c(C)c(-c2cc(C)c3c(C)cccc3[n+]2C)c1.Cc1cc(C)c(C)c(-c2ccc3ccccc3[n+]2C)c1.[2H]C([2H])([2H])c1ccc(-c2ccc3ccccc3[n+]2C)c(C)c1.[2H]C([2H])(c1cccc2c1ccc(-c1cc(C)cc(C)c1C)[n+]2C)C(C)C. The van der Waals surface area contributed by atoms with Crippen molar-refractivity contribution in [1.29, 1.82) is 0 Å². The van der Waals surface area contributed by atoms with Crippen molar-refractivity contribution in [3.05, 3.63) is 260 Å². The molecule has 0 unspecified atom stereocenters. The van der Waals surface area contributed by atoms with Gasteiger partial charge in [-0.3, -0.25) is 0 Å². The molecule has 430 valence electrons. The number of fused-ring (bicyclic) bond motifs is 4. The molecule has 0 bridgehead atoms. The van der Waals surface area contributed by atoms with E-state index in [1.165, 1.54) is 116 Å². The zero-order valence-electron chi connectivity index (χ0n) is 58.7. The molecule has 0 saturated carbocycles. The Hall–Kier alpha value is -8.60. The number of aryl methyl sites for hydroxylation is 14. The second-order valence-electron chi connectivity index (χ2n) is 24.0. The van der Waals surface area contributed by atoms with E-state index in [-0.39, 0.29) is 5.92 Å². The molecule has 12 rings (SSSR count). The van der Waals surface area contributed by atoms with Crippen molar-refractivity contribution >= 4 is 43.6 Å². The fraction of sp³-hybridized carbons (Fsp3) is 0.259. The Morgan fingerprint density at radius 1 is 0.341 bits per heavy atom. The highest BCUT2D eigenvalue weighted by Crippen LogP contribution is 2.32. The highest BCUT2D eigenvalue weighted by atomic mass is 15.0. The summed E-state index contributed by atoms with van der Waals surface area (Å²) >= 11 is 0. The molecule has 0 atom stereocenters. The van der Waals surface area contributed by atoms with Gasteiger partial charge in [-0.1, -0.05) is 115 Å². The fourth-order valence-electron chi connectivity index (χ4n) is 12.4. The lowest BCUT2D eigenvalue weighted by molar-refractivity contribution is -0.633. The van der Waals surface area contributed by atoms with Crippen LogP contribution < -0.4 is 18.3 Å². The van der Waals surface area contributed by atoms with E-state index < -0.39 is 13.2 Å². The number of hydrogen-bond acceptors (Lipinski definition) is 0. The topological polar surface area (TPSA) is 15.5 Å². The van der Waals surface area contributed by atoms with Crippen molar-refractivity contribution in [1.82, 2.24) is 0 Å². The highest BCUT2D eigenvalue weighted by Gasteiger charge is 2.22. The molecule has 0 amide bonds. The van der Waals surface area contributed by atoms with Gasteiger partial charge in [0.25, 0.3) is 0 Å². The van der Waals surface area contributed by atoms with Crippen LogP contribution in [0.2, 0.25) is 0 Å². The molecule has 4 nitrogen and oxygen atoms in total. The summed E-state index contributed by atoms with van der Waals surface area (Å²) in [7, 11) is 8.43. The van der Waals surface area contributed by atoms with E-state index in [0.29, 0.717) is 5.56 Å². The minimum absolute atomic E-state index is 0.0836. The van der Waals surface area contributed by atoms with Gasteiger partial charge in [0.1, 0.15) is 28.2 Å². The first kappa shape index (κ1) is 54.3. The van der Waals surface area contributed by atoms with Crippen LogP contribution in [0.5, 0.6) is 0 Å². The van der Waals surface area contributed by atoms with Crippen LogP contribution in [-0.2, 0) is 34.6 Å². The summed E-state index contributed by atoms with van der Waals surface area (Å²) in [5, 5.41) is 4.82. The van der Waals surface area contributed by atoms with Crippen molar-refractivity contribution in [2.45, 2.75) is 110 Å². The molecule has 0 aliphatic rings. The van der Waals surface area contributed by atoms with Crippen LogP contribution in [0.3, 0.4) is 0 Å². The number of aromatic nitrogens is 4. The van der Waals surface area contributed by atoms with E-state index in [1.54, 1.807) is 12.1 Å². The molecule has 85 heavy (non-hydrogen) atoms. The number of nitrogens with zero attached hydrogens (tertiary/aromatic N) is 4. The monoisotopic (exact) mass is 1120 g/mol. The van der Waals surface area contributed by atoms with Gasteiger partial charge in [-0.25, -0.2) is 0 Å². The standard InChI is InChI=1S/C23H28N.C21H24N.C19H20N.C18H18N/c1-15(2)12-19-8-7-9-22-20(19)10-11-23(24(22)6)21-14-16(3)13-17(4)18(21)5;1-13-10-15(3)17(5)18(11-13)20-12-16(4)21-14(2)8-7-9-19(21)22(20)6;1-13-11-14(2)15(3)17(12-13)19-10-9-16-7-5-6-8-18(16)20(19)4;1-13-8-10-16(14(2)12-13)18-11-9-15-6-4-5-7-17(15)19(18)3/h7-11,13-15H,12H2,1-6H3;7-12H,1-6H3;5-12H,1-4H3;4-12H,1-3H3/q4*+1/i12D2;;;1D3.